The van der Waals surface area contributed by atoms with Crippen LogP contribution in [0.5, 0.6) is 5.75 Å². The summed E-state index contributed by atoms with van der Waals surface area (Å²) in [4.78, 5) is 2.25. The Bertz CT molecular complexity index is 809. The van der Waals surface area contributed by atoms with E-state index in [1.807, 2.05) is 12.1 Å². The highest BCUT2D eigenvalue weighted by molar-refractivity contribution is 7.25. The molecule has 0 saturated heterocycles. The van der Waals surface area contributed by atoms with E-state index >= 15 is 0 Å². The molecule has 0 fully saturated rings. The van der Waals surface area contributed by atoms with Gasteiger partial charge in [-0.15, -0.1) is 11.3 Å². The number of phenols is 1. The second-order valence-electron chi connectivity index (χ2n) is 5.08. The van der Waals surface area contributed by atoms with Crippen LogP contribution in [0.4, 0.5) is 11.4 Å². The number of hydrogen-bond acceptors (Lipinski definition) is 4. The van der Waals surface area contributed by atoms with E-state index in [4.69, 9.17) is 0 Å². The molecule has 4 rings (SSSR count). The Kier molecular flexibility index (Phi) is 2.04. The van der Waals surface area contributed by atoms with E-state index in [-0.39, 0.29) is 0 Å². The lowest BCUT2D eigenvalue weighted by Crippen LogP contribution is -2.28. The average Bonchev–Trinajstić information content (AvgIpc) is 2.86. The molecule has 0 bridgehead atoms. The van der Waals surface area contributed by atoms with E-state index in [0.29, 0.717) is 11.9 Å². The van der Waals surface area contributed by atoms with Gasteiger partial charge in [0.25, 0.3) is 0 Å². The number of fused-ring (bicyclic) bond motifs is 4. The molecule has 1 aliphatic rings. The van der Waals surface area contributed by atoms with Crippen LogP contribution in [-0.4, -0.2) is 18.3 Å². The van der Waals surface area contributed by atoms with Crippen LogP contribution in [0.25, 0.3) is 20.2 Å². The minimum atomic E-state index is 0.325. The first-order valence-electron chi connectivity index (χ1n) is 6.32. The SMILES string of the molecule is CC1Nc2cc3c(cc2N1C)sc1ccc(O)cc13. The van der Waals surface area contributed by atoms with Crippen molar-refractivity contribution in [2.45, 2.75) is 13.1 Å². The first-order valence-corrected chi connectivity index (χ1v) is 7.14. The quantitative estimate of drug-likeness (QED) is 0.649. The van der Waals surface area contributed by atoms with E-state index in [1.165, 1.54) is 26.2 Å². The van der Waals surface area contributed by atoms with Crippen LogP contribution < -0.4 is 10.2 Å². The molecule has 2 N–H and O–H groups in total. The predicted molar refractivity (Wildman–Crippen MR) is 82.5 cm³/mol. The minimum Gasteiger partial charge on any atom is -0.508 e. The number of nitrogens with one attached hydrogen (secondary N) is 1. The van der Waals surface area contributed by atoms with Gasteiger partial charge in [-0.2, -0.15) is 0 Å². The maximum atomic E-state index is 9.67. The van der Waals surface area contributed by atoms with Gasteiger partial charge in [0.05, 0.1) is 17.5 Å². The van der Waals surface area contributed by atoms with Crippen LogP contribution in [-0.2, 0) is 0 Å². The van der Waals surface area contributed by atoms with Crippen LogP contribution >= 0.6 is 11.3 Å². The number of rotatable bonds is 0. The summed E-state index contributed by atoms with van der Waals surface area (Å²) in [6.45, 7) is 2.15. The molecule has 1 aliphatic heterocycles. The molecule has 0 saturated carbocycles. The zero-order chi connectivity index (χ0) is 13.1. The van der Waals surface area contributed by atoms with Gasteiger partial charge >= 0.3 is 0 Å². The van der Waals surface area contributed by atoms with Crippen molar-refractivity contribution in [2.24, 2.45) is 0 Å². The lowest BCUT2D eigenvalue weighted by atomic mass is 10.1. The fraction of sp³-hybridized carbons (Fsp3) is 0.200. The number of nitrogens with zero attached hydrogens (tertiary/aromatic N) is 1. The fourth-order valence-corrected chi connectivity index (χ4v) is 3.84. The van der Waals surface area contributed by atoms with Crippen molar-refractivity contribution >= 4 is 42.9 Å². The van der Waals surface area contributed by atoms with Crippen molar-refractivity contribution in [3.63, 3.8) is 0 Å². The van der Waals surface area contributed by atoms with Gasteiger partial charge in [-0.05, 0) is 37.3 Å². The summed E-state index contributed by atoms with van der Waals surface area (Å²) >= 11 is 1.77. The fourth-order valence-electron chi connectivity index (χ4n) is 2.74. The highest BCUT2D eigenvalue weighted by Crippen LogP contribution is 2.43. The monoisotopic (exact) mass is 270 g/mol. The normalized spacial score (nSPS) is 18.0. The number of phenolic OH excluding ortho intramolecular Hbond substituents is 1. The summed E-state index contributed by atoms with van der Waals surface area (Å²) in [5.74, 6) is 0.325. The molecule has 3 nitrogen and oxygen atoms in total. The molecule has 1 unspecified atom stereocenters. The molecule has 1 aromatic heterocycles. The second kappa shape index (κ2) is 3.54. The summed E-state index contributed by atoms with van der Waals surface area (Å²) < 4.78 is 2.48. The minimum absolute atomic E-state index is 0.325. The second-order valence-corrected chi connectivity index (χ2v) is 6.16. The van der Waals surface area contributed by atoms with Gasteiger partial charge in [-0.25, -0.2) is 0 Å². The van der Waals surface area contributed by atoms with Crippen molar-refractivity contribution < 1.29 is 5.11 Å². The molecule has 2 aromatic carbocycles. The van der Waals surface area contributed by atoms with E-state index in [0.717, 1.165) is 5.39 Å². The number of anilines is 2. The van der Waals surface area contributed by atoms with E-state index in [9.17, 15) is 5.11 Å². The third-order valence-corrected chi connectivity index (χ3v) is 5.03. The van der Waals surface area contributed by atoms with Gasteiger partial charge in [0.2, 0.25) is 0 Å². The molecule has 1 atom stereocenters. The molecule has 0 aliphatic carbocycles. The van der Waals surface area contributed by atoms with Gasteiger partial charge in [0.1, 0.15) is 5.75 Å². The van der Waals surface area contributed by atoms with Crippen molar-refractivity contribution in [3.8, 4) is 5.75 Å². The standard InChI is InChI=1S/C15H14N2OS/c1-8-16-12-6-11-10-5-9(18)3-4-14(10)19-15(11)7-13(12)17(8)2/h3-8,16,18H,1-2H3. The van der Waals surface area contributed by atoms with Gasteiger partial charge in [-0.3, -0.25) is 0 Å². The third kappa shape index (κ3) is 1.43. The Morgan fingerprint density at radius 2 is 1.95 bits per heavy atom. The number of thiophene rings is 1. The molecule has 0 spiro atoms. The Balaban J connectivity index is 2.07. The summed E-state index contributed by atoms with van der Waals surface area (Å²) in [6.07, 6.45) is 0.325. The van der Waals surface area contributed by atoms with Crippen molar-refractivity contribution in [1.82, 2.24) is 0 Å². The van der Waals surface area contributed by atoms with E-state index in [2.05, 4.69) is 36.3 Å². The molecular weight excluding hydrogens is 256 g/mol. The van der Waals surface area contributed by atoms with Crippen LogP contribution in [0.1, 0.15) is 6.92 Å². The average molecular weight is 270 g/mol. The number of hydrogen-bond donors (Lipinski definition) is 2. The predicted octanol–water partition coefficient (Wildman–Crippen LogP) is 3.97. The highest BCUT2D eigenvalue weighted by Gasteiger charge is 2.23. The van der Waals surface area contributed by atoms with Gasteiger partial charge < -0.3 is 15.3 Å². The third-order valence-electron chi connectivity index (χ3n) is 3.90. The molecular formula is C15H14N2OS. The molecule has 96 valence electrons. The number of aromatic hydroxyl groups is 1. The van der Waals surface area contributed by atoms with Crippen LogP contribution in [0.3, 0.4) is 0 Å². The Hall–Kier alpha value is -1.94. The molecule has 0 radical (unpaired) electrons. The Labute approximate surface area is 115 Å². The first-order chi connectivity index (χ1) is 9.13. The Morgan fingerprint density at radius 1 is 1.16 bits per heavy atom. The highest BCUT2D eigenvalue weighted by atomic mass is 32.1. The maximum absolute atomic E-state index is 9.67. The Morgan fingerprint density at radius 3 is 2.79 bits per heavy atom. The molecule has 3 aromatic rings. The summed E-state index contributed by atoms with van der Waals surface area (Å²) in [5.41, 5.74) is 2.42. The van der Waals surface area contributed by atoms with Crippen LogP contribution in [0.15, 0.2) is 30.3 Å². The summed E-state index contributed by atoms with van der Waals surface area (Å²) in [7, 11) is 2.11. The zero-order valence-corrected chi connectivity index (χ0v) is 11.6. The van der Waals surface area contributed by atoms with E-state index < -0.39 is 0 Å². The smallest absolute Gasteiger partial charge is 0.116 e. The lowest BCUT2D eigenvalue weighted by molar-refractivity contribution is 0.476. The molecule has 2 heterocycles. The summed E-state index contributed by atoms with van der Waals surface area (Å²) in [6, 6.07) is 10.0. The lowest BCUT2D eigenvalue weighted by Gasteiger charge is -2.17. The van der Waals surface area contributed by atoms with Crippen molar-refractivity contribution in [3.05, 3.63) is 30.3 Å². The van der Waals surface area contributed by atoms with Gasteiger partial charge in [0, 0.05) is 27.2 Å². The van der Waals surface area contributed by atoms with Crippen LogP contribution in [0.2, 0.25) is 0 Å². The topological polar surface area (TPSA) is 35.5 Å². The molecule has 0 amide bonds. The summed E-state index contributed by atoms with van der Waals surface area (Å²) in [5, 5.41) is 15.5. The molecule has 4 heteroatoms. The molecule has 19 heavy (non-hydrogen) atoms. The maximum Gasteiger partial charge on any atom is 0.116 e. The number of benzene rings is 2. The van der Waals surface area contributed by atoms with E-state index in [1.54, 1.807) is 17.4 Å². The largest absolute Gasteiger partial charge is 0.508 e. The van der Waals surface area contributed by atoms with Gasteiger partial charge in [-0.1, -0.05) is 0 Å². The van der Waals surface area contributed by atoms with Crippen molar-refractivity contribution in [1.29, 1.82) is 0 Å². The van der Waals surface area contributed by atoms with Crippen LogP contribution in [0, 0.1) is 0 Å². The van der Waals surface area contributed by atoms with Crippen molar-refractivity contribution in [2.75, 3.05) is 17.3 Å². The first kappa shape index (κ1) is 10.9. The van der Waals surface area contributed by atoms with Gasteiger partial charge in [0.15, 0.2) is 0 Å². The zero-order valence-electron chi connectivity index (χ0n) is 10.8.